The van der Waals surface area contributed by atoms with Gasteiger partial charge in [0.2, 0.25) is 11.8 Å². The van der Waals surface area contributed by atoms with Crippen molar-refractivity contribution in [2.75, 3.05) is 0 Å². The minimum absolute atomic E-state index is 0.0556. The molecule has 1 N–H and O–H groups in total. The first-order valence-corrected chi connectivity index (χ1v) is 6.64. The number of aryl methyl sites for hydroxylation is 1. The van der Waals surface area contributed by atoms with Crippen LogP contribution in [-0.2, 0) is 17.8 Å². The molecule has 0 radical (unpaired) electrons. The van der Waals surface area contributed by atoms with E-state index in [4.69, 9.17) is 4.52 Å². The molecule has 0 bridgehead atoms. The van der Waals surface area contributed by atoms with Crippen LogP contribution in [0.5, 0.6) is 0 Å². The first-order chi connectivity index (χ1) is 9.65. The fourth-order valence-electron chi connectivity index (χ4n) is 1.60. The normalized spacial score (nSPS) is 10.8. The van der Waals surface area contributed by atoms with Crippen LogP contribution in [0, 0.1) is 0 Å². The zero-order valence-corrected chi connectivity index (χ0v) is 11.7. The summed E-state index contributed by atoms with van der Waals surface area (Å²) in [6.07, 6.45) is 2.48. The Balaban J connectivity index is 1.74. The molecule has 0 atom stereocenters. The Bertz CT molecular complexity index is 551. The number of carbonyl (C=O) groups is 1. The molecule has 1 amide bonds. The number of hydrogen-bond donors (Lipinski definition) is 1. The van der Waals surface area contributed by atoms with E-state index in [2.05, 4.69) is 20.4 Å². The minimum Gasteiger partial charge on any atom is -0.350 e. The summed E-state index contributed by atoms with van der Waals surface area (Å²) in [6.45, 7) is 4.42. The van der Waals surface area contributed by atoms with Gasteiger partial charge in [0, 0.05) is 25.0 Å². The summed E-state index contributed by atoms with van der Waals surface area (Å²) < 4.78 is 5.09. The summed E-state index contributed by atoms with van der Waals surface area (Å²) in [5.41, 5.74) is 0.834. The lowest BCUT2D eigenvalue weighted by atomic mass is 10.2. The van der Waals surface area contributed by atoms with Crippen molar-refractivity contribution in [2.45, 2.75) is 39.2 Å². The van der Waals surface area contributed by atoms with Gasteiger partial charge in [0.15, 0.2) is 5.82 Å². The number of nitrogens with one attached hydrogen (secondary N) is 1. The van der Waals surface area contributed by atoms with E-state index in [1.54, 1.807) is 6.20 Å². The van der Waals surface area contributed by atoms with E-state index in [1.165, 1.54) is 0 Å². The van der Waals surface area contributed by atoms with Crippen LogP contribution in [0.15, 0.2) is 28.9 Å². The molecule has 6 heteroatoms. The lowest BCUT2D eigenvalue weighted by Gasteiger charge is -2.03. The van der Waals surface area contributed by atoms with Crippen molar-refractivity contribution in [3.8, 4) is 0 Å². The molecule has 0 aromatic carbocycles. The predicted octanol–water partition coefficient (Wildman–Crippen LogP) is 1.84. The number of carbonyl (C=O) groups excluding carboxylic acids is 1. The van der Waals surface area contributed by atoms with Crippen molar-refractivity contribution in [3.05, 3.63) is 41.8 Å². The van der Waals surface area contributed by atoms with Crippen molar-refractivity contribution in [1.29, 1.82) is 0 Å². The first kappa shape index (κ1) is 14.2. The molecule has 2 heterocycles. The Morgan fingerprint density at radius 3 is 2.90 bits per heavy atom. The summed E-state index contributed by atoms with van der Waals surface area (Å²) in [6, 6.07) is 5.60. The first-order valence-electron chi connectivity index (χ1n) is 6.64. The molecule has 6 nitrogen and oxygen atoms in total. The molecular weight excluding hydrogens is 256 g/mol. The second kappa shape index (κ2) is 6.79. The van der Waals surface area contributed by atoms with Crippen LogP contribution in [-0.4, -0.2) is 21.0 Å². The Hall–Kier alpha value is -2.24. The van der Waals surface area contributed by atoms with Crippen LogP contribution >= 0.6 is 0 Å². The highest BCUT2D eigenvalue weighted by atomic mass is 16.5. The number of rotatable bonds is 6. The number of amides is 1. The molecule has 2 rings (SSSR count). The molecule has 20 heavy (non-hydrogen) atoms. The zero-order chi connectivity index (χ0) is 14.4. The second-order valence-electron chi connectivity index (χ2n) is 4.80. The maximum Gasteiger partial charge on any atom is 0.227 e. The third kappa shape index (κ3) is 4.15. The number of nitrogens with zero attached hydrogens (tertiary/aromatic N) is 3. The SMILES string of the molecule is CC(C)c1noc(CCC(=O)NCc2ccccn2)n1. The molecule has 2 aromatic rings. The summed E-state index contributed by atoms with van der Waals surface area (Å²) in [7, 11) is 0. The van der Waals surface area contributed by atoms with Gasteiger partial charge in [-0.25, -0.2) is 0 Å². The van der Waals surface area contributed by atoms with E-state index >= 15 is 0 Å². The average Bonchev–Trinajstić information content (AvgIpc) is 2.93. The average molecular weight is 274 g/mol. The van der Waals surface area contributed by atoms with Gasteiger partial charge in [-0.05, 0) is 12.1 Å². The van der Waals surface area contributed by atoms with Crippen molar-refractivity contribution >= 4 is 5.91 Å². The van der Waals surface area contributed by atoms with Crippen molar-refractivity contribution in [3.63, 3.8) is 0 Å². The Labute approximate surface area is 117 Å². The van der Waals surface area contributed by atoms with Gasteiger partial charge in [0.05, 0.1) is 12.2 Å². The zero-order valence-electron chi connectivity index (χ0n) is 11.7. The third-order valence-electron chi connectivity index (χ3n) is 2.76. The Kier molecular flexibility index (Phi) is 4.81. The van der Waals surface area contributed by atoms with Gasteiger partial charge in [0.1, 0.15) is 0 Å². The third-order valence-corrected chi connectivity index (χ3v) is 2.76. The van der Waals surface area contributed by atoms with E-state index in [0.29, 0.717) is 31.1 Å². The highest BCUT2D eigenvalue weighted by Crippen LogP contribution is 2.10. The number of aromatic nitrogens is 3. The van der Waals surface area contributed by atoms with Crippen LogP contribution in [0.1, 0.15) is 43.6 Å². The van der Waals surface area contributed by atoms with E-state index in [-0.39, 0.29) is 11.8 Å². The van der Waals surface area contributed by atoms with E-state index in [0.717, 1.165) is 5.69 Å². The highest BCUT2D eigenvalue weighted by Gasteiger charge is 2.11. The molecule has 0 fully saturated rings. The van der Waals surface area contributed by atoms with Crippen molar-refractivity contribution in [1.82, 2.24) is 20.4 Å². The van der Waals surface area contributed by atoms with Gasteiger partial charge >= 0.3 is 0 Å². The van der Waals surface area contributed by atoms with Crippen LogP contribution in [0.25, 0.3) is 0 Å². The van der Waals surface area contributed by atoms with E-state index in [1.807, 2.05) is 32.0 Å². The standard InChI is InChI=1S/C14H18N4O2/c1-10(2)14-17-13(20-18-14)7-6-12(19)16-9-11-5-3-4-8-15-11/h3-5,8,10H,6-7,9H2,1-2H3,(H,16,19). The molecule has 2 aromatic heterocycles. The van der Waals surface area contributed by atoms with Crippen LogP contribution in [0.4, 0.5) is 0 Å². The number of pyridine rings is 1. The summed E-state index contributed by atoms with van der Waals surface area (Å²) in [4.78, 5) is 20.1. The topological polar surface area (TPSA) is 80.9 Å². The quantitative estimate of drug-likeness (QED) is 0.869. The largest absolute Gasteiger partial charge is 0.350 e. The number of hydrogen-bond acceptors (Lipinski definition) is 5. The summed E-state index contributed by atoms with van der Waals surface area (Å²) >= 11 is 0. The van der Waals surface area contributed by atoms with Crippen molar-refractivity contribution in [2.24, 2.45) is 0 Å². The van der Waals surface area contributed by atoms with Gasteiger partial charge in [-0.15, -0.1) is 0 Å². The molecular formula is C14H18N4O2. The molecule has 0 saturated carbocycles. The fourth-order valence-corrected chi connectivity index (χ4v) is 1.60. The smallest absolute Gasteiger partial charge is 0.227 e. The lowest BCUT2D eigenvalue weighted by molar-refractivity contribution is -0.121. The van der Waals surface area contributed by atoms with Crippen LogP contribution in [0.3, 0.4) is 0 Å². The Morgan fingerprint density at radius 2 is 2.25 bits per heavy atom. The van der Waals surface area contributed by atoms with E-state index < -0.39 is 0 Å². The maximum absolute atomic E-state index is 11.7. The molecule has 0 unspecified atom stereocenters. The molecule has 106 valence electrons. The molecule has 0 saturated heterocycles. The highest BCUT2D eigenvalue weighted by molar-refractivity contribution is 5.75. The summed E-state index contributed by atoms with van der Waals surface area (Å²) in [5, 5.41) is 6.67. The van der Waals surface area contributed by atoms with Gasteiger partial charge in [-0.1, -0.05) is 25.1 Å². The van der Waals surface area contributed by atoms with Gasteiger partial charge in [-0.3, -0.25) is 9.78 Å². The Morgan fingerprint density at radius 1 is 1.40 bits per heavy atom. The van der Waals surface area contributed by atoms with Gasteiger partial charge in [-0.2, -0.15) is 4.98 Å². The molecule has 0 aliphatic carbocycles. The molecule has 0 spiro atoms. The van der Waals surface area contributed by atoms with Gasteiger partial charge in [0.25, 0.3) is 0 Å². The van der Waals surface area contributed by atoms with Crippen LogP contribution < -0.4 is 5.32 Å². The van der Waals surface area contributed by atoms with Crippen molar-refractivity contribution < 1.29 is 9.32 Å². The molecule has 0 aliphatic rings. The minimum atomic E-state index is -0.0556. The van der Waals surface area contributed by atoms with Gasteiger partial charge < -0.3 is 9.84 Å². The summed E-state index contributed by atoms with van der Waals surface area (Å²) in [5.74, 6) is 1.35. The van der Waals surface area contributed by atoms with E-state index in [9.17, 15) is 4.79 Å². The predicted molar refractivity (Wildman–Crippen MR) is 72.8 cm³/mol. The van der Waals surface area contributed by atoms with Crippen LogP contribution in [0.2, 0.25) is 0 Å². The lowest BCUT2D eigenvalue weighted by Crippen LogP contribution is -2.23. The monoisotopic (exact) mass is 274 g/mol. The molecule has 0 aliphatic heterocycles. The fraction of sp³-hybridized carbons (Fsp3) is 0.429. The maximum atomic E-state index is 11.7. The second-order valence-corrected chi connectivity index (χ2v) is 4.80.